The van der Waals surface area contributed by atoms with Crippen LogP contribution >= 0.6 is 11.6 Å². The van der Waals surface area contributed by atoms with Gasteiger partial charge in [0.1, 0.15) is 0 Å². The Morgan fingerprint density at radius 1 is 1.00 bits per heavy atom. The van der Waals surface area contributed by atoms with E-state index in [-0.39, 0.29) is 22.1 Å². The van der Waals surface area contributed by atoms with Gasteiger partial charge in [-0.15, -0.1) is 0 Å². The number of aliphatic imine (C=N–C) groups is 1. The fraction of sp³-hybridized carbons (Fsp3) is 0.0417. The zero-order valence-electron chi connectivity index (χ0n) is 16.5. The molecular weight excluding hydrogens is 418 g/mol. The summed E-state index contributed by atoms with van der Waals surface area (Å²) in [6.45, 7) is 0. The third kappa shape index (κ3) is 6.04. The number of methoxy groups -OCH3 is 1. The summed E-state index contributed by atoms with van der Waals surface area (Å²) in [5.41, 5.74) is 2.22. The van der Waals surface area contributed by atoms with Crippen molar-refractivity contribution in [1.29, 1.82) is 0 Å². The van der Waals surface area contributed by atoms with Crippen molar-refractivity contribution in [3.8, 4) is 11.5 Å². The van der Waals surface area contributed by atoms with E-state index in [9.17, 15) is 9.59 Å². The highest BCUT2D eigenvalue weighted by Gasteiger charge is 2.14. The van der Waals surface area contributed by atoms with Crippen LogP contribution in [-0.2, 0) is 4.79 Å². The van der Waals surface area contributed by atoms with Crippen LogP contribution in [0, 0.1) is 0 Å². The number of hydrogen-bond donors (Lipinski definition) is 1. The molecule has 0 aromatic heterocycles. The molecule has 0 spiro atoms. The van der Waals surface area contributed by atoms with Crippen molar-refractivity contribution >= 4 is 41.5 Å². The lowest BCUT2D eigenvalue weighted by Gasteiger charge is -2.11. The van der Waals surface area contributed by atoms with Crippen molar-refractivity contribution in [3.05, 3.63) is 94.5 Å². The Hall–Kier alpha value is -3.90. The lowest BCUT2D eigenvalue weighted by Crippen LogP contribution is -2.06. The minimum Gasteiger partial charge on any atom is -0.493 e. The van der Waals surface area contributed by atoms with Crippen LogP contribution in [0.25, 0.3) is 6.08 Å². The van der Waals surface area contributed by atoms with E-state index in [2.05, 4.69) is 4.99 Å². The van der Waals surface area contributed by atoms with E-state index in [4.69, 9.17) is 26.2 Å². The highest BCUT2D eigenvalue weighted by Crippen LogP contribution is 2.36. The molecule has 0 saturated carbocycles. The van der Waals surface area contributed by atoms with Gasteiger partial charge >= 0.3 is 11.9 Å². The SMILES string of the molecule is COc1cc(/C=N/c2ccc(C(=O)O)cc2)cc(Cl)c1OC(=O)/C=C/c1ccccc1. The Morgan fingerprint density at radius 3 is 2.35 bits per heavy atom. The number of ether oxygens (including phenoxy) is 2. The van der Waals surface area contributed by atoms with Crippen molar-refractivity contribution in [2.75, 3.05) is 7.11 Å². The summed E-state index contributed by atoms with van der Waals surface area (Å²) >= 11 is 6.30. The van der Waals surface area contributed by atoms with Crippen LogP contribution in [0.2, 0.25) is 5.02 Å². The third-order valence-electron chi connectivity index (χ3n) is 4.14. The van der Waals surface area contributed by atoms with Gasteiger partial charge in [0.15, 0.2) is 11.5 Å². The molecule has 0 amide bonds. The molecule has 0 aliphatic rings. The van der Waals surface area contributed by atoms with Gasteiger partial charge in [0.2, 0.25) is 0 Å². The van der Waals surface area contributed by atoms with Crippen molar-refractivity contribution in [2.24, 2.45) is 4.99 Å². The second-order valence-electron chi connectivity index (χ2n) is 6.31. The number of rotatable bonds is 7. The monoisotopic (exact) mass is 435 g/mol. The molecule has 1 N–H and O–H groups in total. The normalized spacial score (nSPS) is 11.0. The van der Waals surface area contributed by atoms with Crippen molar-refractivity contribution in [2.45, 2.75) is 0 Å². The summed E-state index contributed by atoms with van der Waals surface area (Å²) in [7, 11) is 1.44. The Kier molecular flexibility index (Phi) is 7.19. The van der Waals surface area contributed by atoms with Crippen LogP contribution in [0.15, 0.2) is 77.8 Å². The maximum Gasteiger partial charge on any atom is 0.336 e. The fourth-order valence-corrected chi connectivity index (χ4v) is 2.87. The highest BCUT2D eigenvalue weighted by molar-refractivity contribution is 6.32. The Labute approximate surface area is 184 Å². The van der Waals surface area contributed by atoms with Crippen LogP contribution < -0.4 is 9.47 Å². The van der Waals surface area contributed by atoms with E-state index >= 15 is 0 Å². The predicted molar refractivity (Wildman–Crippen MR) is 120 cm³/mol. The van der Waals surface area contributed by atoms with E-state index in [0.717, 1.165) is 5.56 Å². The minimum atomic E-state index is -1.00. The van der Waals surface area contributed by atoms with Crippen molar-refractivity contribution in [1.82, 2.24) is 0 Å². The number of halogens is 1. The number of hydrogen-bond acceptors (Lipinski definition) is 5. The lowest BCUT2D eigenvalue weighted by molar-refractivity contribution is -0.129. The molecule has 0 saturated heterocycles. The molecule has 3 aromatic rings. The first-order valence-corrected chi connectivity index (χ1v) is 9.54. The maximum absolute atomic E-state index is 12.2. The first-order chi connectivity index (χ1) is 15.0. The Balaban J connectivity index is 1.75. The van der Waals surface area contributed by atoms with Gasteiger partial charge in [0, 0.05) is 12.3 Å². The van der Waals surface area contributed by atoms with Gasteiger partial charge in [0.25, 0.3) is 0 Å². The van der Waals surface area contributed by atoms with Gasteiger partial charge in [-0.25, -0.2) is 9.59 Å². The smallest absolute Gasteiger partial charge is 0.336 e. The lowest BCUT2D eigenvalue weighted by atomic mass is 10.2. The van der Waals surface area contributed by atoms with E-state index < -0.39 is 11.9 Å². The summed E-state index contributed by atoms with van der Waals surface area (Å²) in [6.07, 6.45) is 4.49. The average molecular weight is 436 g/mol. The number of esters is 1. The van der Waals surface area contributed by atoms with Gasteiger partial charge in [-0.1, -0.05) is 41.9 Å². The standard InChI is InChI=1S/C24H18ClNO5/c1-30-21-14-17(15-26-19-10-8-18(9-11-19)24(28)29)13-20(25)23(21)31-22(27)12-7-16-5-3-2-4-6-16/h2-15H,1H3,(H,28,29)/b12-7+,26-15+. The number of aromatic carboxylic acids is 1. The number of carbonyl (C=O) groups excluding carboxylic acids is 1. The first-order valence-electron chi connectivity index (χ1n) is 9.16. The molecule has 0 radical (unpaired) electrons. The topological polar surface area (TPSA) is 85.2 Å². The molecule has 31 heavy (non-hydrogen) atoms. The molecule has 0 fully saturated rings. The number of carboxylic acids is 1. The van der Waals surface area contributed by atoms with E-state index in [0.29, 0.717) is 11.3 Å². The minimum absolute atomic E-state index is 0.106. The largest absolute Gasteiger partial charge is 0.493 e. The Morgan fingerprint density at radius 2 is 1.71 bits per heavy atom. The van der Waals surface area contributed by atoms with Gasteiger partial charge in [-0.05, 0) is 53.6 Å². The van der Waals surface area contributed by atoms with E-state index in [1.165, 1.54) is 25.3 Å². The molecule has 7 heteroatoms. The van der Waals surface area contributed by atoms with Crippen molar-refractivity contribution in [3.63, 3.8) is 0 Å². The second-order valence-corrected chi connectivity index (χ2v) is 6.72. The van der Waals surface area contributed by atoms with Crippen LogP contribution in [-0.4, -0.2) is 30.4 Å². The number of benzene rings is 3. The molecule has 0 bridgehead atoms. The summed E-state index contributed by atoms with van der Waals surface area (Å²) in [4.78, 5) is 27.4. The van der Waals surface area contributed by atoms with Crippen LogP contribution in [0.3, 0.4) is 0 Å². The summed E-state index contributed by atoms with van der Waals surface area (Å²) in [6, 6.07) is 18.7. The fourth-order valence-electron chi connectivity index (χ4n) is 2.62. The molecule has 0 heterocycles. The molecule has 0 unspecified atom stereocenters. The first kappa shape index (κ1) is 21.8. The zero-order valence-corrected chi connectivity index (χ0v) is 17.2. The number of carbonyl (C=O) groups is 2. The predicted octanol–water partition coefficient (Wildman–Crippen LogP) is 5.42. The van der Waals surface area contributed by atoms with Crippen LogP contribution in [0.4, 0.5) is 5.69 Å². The quantitative estimate of drug-likeness (QED) is 0.232. The second kappa shape index (κ2) is 10.2. The molecule has 0 atom stereocenters. The molecule has 156 valence electrons. The molecular formula is C24H18ClNO5. The average Bonchev–Trinajstić information content (AvgIpc) is 2.78. The van der Waals surface area contributed by atoms with E-state index in [1.807, 2.05) is 30.3 Å². The summed E-state index contributed by atoms with van der Waals surface area (Å²) in [5, 5.41) is 9.13. The van der Waals surface area contributed by atoms with Gasteiger partial charge in [-0.2, -0.15) is 0 Å². The third-order valence-corrected chi connectivity index (χ3v) is 4.42. The Bertz CT molecular complexity index is 1140. The van der Waals surface area contributed by atoms with Gasteiger partial charge < -0.3 is 14.6 Å². The molecule has 3 rings (SSSR count). The number of nitrogens with zero attached hydrogens (tertiary/aromatic N) is 1. The molecule has 0 aliphatic heterocycles. The molecule has 3 aromatic carbocycles. The van der Waals surface area contributed by atoms with Gasteiger partial charge in [0.05, 0.1) is 23.4 Å². The van der Waals surface area contributed by atoms with Crippen LogP contribution in [0.5, 0.6) is 11.5 Å². The maximum atomic E-state index is 12.2. The van der Waals surface area contributed by atoms with Crippen LogP contribution in [0.1, 0.15) is 21.5 Å². The van der Waals surface area contributed by atoms with E-state index in [1.54, 1.807) is 36.6 Å². The summed E-state index contributed by atoms with van der Waals surface area (Å²) in [5.74, 6) is -1.22. The van der Waals surface area contributed by atoms with Gasteiger partial charge in [-0.3, -0.25) is 4.99 Å². The number of carboxylic acid groups (broad SMARTS) is 1. The highest BCUT2D eigenvalue weighted by atomic mass is 35.5. The van der Waals surface area contributed by atoms with Crippen molar-refractivity contribution < 1.29 is 24.2 Å². The summed E-state index contributed by atoms with van der Waals surface area (Å²) < 4.78 is 10.7. The zero-order chi connectivity index (χ0) is 22.2. The molecule has 0 aliphatic carbocycles. The molecule has 6 nitrogen and oxygen atoms in total.